The second-order valence-electron chi connectivity index (χ2n) is 5.67. The minimum absolute atomic E-state index is 0.0937. The van der Waals surface area contributed by atoms with Crippen LogP contribution in [0.4, 0.5) is 0 Å². The Labute approximate surface area is 128 Å². The van der Waals surface area contributed by atoms with Gasteiger partial charge in [-0.25, -0.2) is 4.79 Å². The first-order chi connectivity index (χ1) is 10.5. The van der Waals surface area contributed by atoms with E-state index in [1.807, 2.05) is 48.5 Å². The fourth-order valence-corrected chi connectivity index (χ4v) is 3.00. The van der Waals surface area contributed by atoms with Crippen LogP contribution >= 0.6 is 0 Å². The third-order valence-electron chi connectivity index (χ3n) is 4.13. The normalized spacial score (nSPS) is 27.5. The van der Waals surface area contributed by atoms with Gasteiger partial charge in [-0.2, -0.15) is 0 Å². The standard InChI is InChI=1S/C18H17NO3/c19-17(16(20)21)11-15(13-7-3-1-4-8-13)18(22,12-17)14-9-5-2-6-10-14/h1-11,22H,12,19H2,(H,20,21)/t17-,18-/m0/s1. The van der Waals surface area contributed by atoms with Crippen molar-refractivity contribution in [1.29, 1.82) is 0 Å². The van der Waals surface area contributed by atoms with Crippen LogP contribution in [0.2, 0.25) is 0 Å². The number of carboxylic acid groups (broad SMARTS) is 1. The summed E-state index contributed by atoms with van der Waals surface area (Å²) in [5, 5.41) is 20.7. The van der Waals surface area contributed by atoms with E-state index >= 15 is 0 Å². The van der Waals surface area contributed by atoms with Crippen LogP contribution in [-0.2, 0) is 10.4 Å². The predicted molar refractivity (Wildman–Crippen MR) is 83.9 cm³/mol. The molecule has 3 rings (SSSR count). The Morgan fingerprint density at radius 3 is 2.09 bits per heavy atom. The lowest BCUT2D eigenvalue weighted by Gasteiger charge is -2.29. The van der Waals surface area contributed by atoms with E-state index in [4.69, 9.17) is 5.73 Å². The minimum atomic E-state index is -1.59. The lowest BCUT2D eigenvalue weighted by atomic mass is 9.82. The number of nitrogens with two attached hydrogens (primary N) is 1. The van der Waals surface area contributed by atoms with Gasteiger partial charge in [-0.1, -0.05) is 60.7 Å². The highest BCUT2D eigenvalue weighted by molar-refractivity contribution is 5.90. The molecule has 0 aliphatic heterocycles. The largest absolute Gasteiger partial charge is 0.480 e. The van der Waals surface area contributed by atoms with E-state index in [0.717, 1.165) is 5.56 Å². The van der Waals surface area contributed by atoms with Gasteiger partial charge in [0.1, 0.15) is 11.1 Å². The maximum Gasteiger partial charge on any atom is 0.327 e. The molecule has 1 aliphatic carbocycles. The SMILES string of the molecule is N[C@@]1(C(=O)O)C=C(c2ccccc2)[C@@](O)(c2ccccc2)C1. The molecule has 0 bridgehead atoms. The molecule has 0 fully saturated rings. The molecule has 0 saturated heterocycles. The second-order valence-corrected chi connectivity index (χ2v) is 5.67. The summed E-state index contributed by atoms with van der Waals surface area (Å²) in [6.45, 7) is 0. The Bertz CT molecular complexity index is 727. The van der Waals surface area contributed by atoms with E-state index < -0.39 is 17.1 Å². The zero-order valence-corrected chi connectivity index (χ0v) is 11.9. The van der Waals surface area contributed by atoms with Gasteiger partial charge in [0.25, 0.3) is 0 Å². The number of hydrogen-bond acceptors (Lipinski definition) is 3. The minimum Gasteiger partial charge on any atom is -0.480 e. The maximum atomic E-state index is 11.5. The molecule has 0 amide bonds. The Hall–Kier alpha value is -2.43. The molecule has 0 unspecified atom stereocenters. The molecule has 4 nitrogen and oxygen atoms in total. The van der Waals surface area contributed by atoms with E-state index in [-0.39, 0.29) is 6.42 Å². The van der Waals surface area contributed by atoms with Crippen molar-refractivity contribution in [3.63, 3.8) is 0 Å². The molecule has 4 N–H and O–H groups in total. The molecule has 112 valence electrons. The van der Waals surface area contributed by atoms with Crippen molar-refractivity contribution in [3.05, 3.63) is 77.9 Å². The predicted octanol–water partition coefficient (Wildman–Crippen LogP) is 2.14. The van der Waals surface area contributed by atoms with Gasteiger partial charge in [0, 0.05) is 6.42 Å². The van der Waals surface area contributed by atoms with Crippen LogP contribution in [0.15, 0.2) is 66.7 Å². The van der Waals surface area contributed by atoms with Crippen LogP contribution in [-0.4, -0.2) is 21.7 Å². The van der Waals surface area contributed by atoms with Crippen LogP contribution in [0.1, 0.15) is 17.5 Å². The van der Waals surface area contributed by atoms with Crippen molar-refractivity contribution in [2.45, 2.75) is 17.6 Å². The van der Waals surface area contributed by atoms with E-state index in [1.165, 1.54) is 6.08 Å². The molecule has 0 saturated carbocycles. The number of aliphatic carboxylic acids is 1. The summed E-state index contributed by atoms with van der Waals surface area (Å²) < 4.78 is 0. The van der Waals surface area contributed by atoms with Gasteiger partial charge >= 0.3 is 5.97 Å². The summed E-state index contributed by atoms with van der Waals surface area (Å²) in [4.78, 5) is 11.5. The topological polar surface area (TPSA) is 83.6 Å². The van der Waals surface area contributed by atoms with Crippen molar-refractivity contribution in [1.82, 2.24) is 0 Å². The van der Waals surface area contributed by atoms with Crippen LogP contribution < -0.4 is 5.73 Å². The summed E-state index contributed by atoms with van der Waals surface area (Å²) in [5.74, 6) is -1.15. The van der Waals surface area contributed by atoms with Crippen LogP contribution in [0.5, 0.6) is 0 Å². The molecular formula is C18H17NO3. The number of hydrogen-bond donors (Lipinski definition) is 3. The Morgan fingerprint density at radius 1 is 1.00 bits per heavy atom. The molecule has 0 radical (unpaired) electrons. The first-order valence-corrected chi connectivity index (χ1v) is 7.05. The highest BCUT2D eigenvalue weighted by Crippen LogP contribution is 2.48. The van der Waals surface area contributed by atoms with Gasteiger partial charge < -0.3 is 15.9 Å². The van der Waals surface area contributed by atoms with Gasteiger partial charge in [-0.05, 0) is 22.8 Å². The highest BCUT2D eigenvalue weighted by atomic mass is 16.4. The number of benzene rings is 2. The average molecular weight is 295 g/mol. The molecule has 0 spiro atoms. The third-order valence-corrected chi connectivity index (χ3v) is 4.13. The van der Waals surface area contributed by atoms with Crippen LogP contribution in [0, 0.1) is 0 Å². The molecule has 2 atom stereocenters. The number of carboxylic acids is 1. The van der Waals surface area contributed by atoms with Crippen molar-refractivity contribution >= 4 is 11.5 Å². The molecule has 2 aromatic carbocycles. The Kier molecular flexibility index (Phi) is 3.35. The van der Waals surface area contributed by atoms with Crippen molar-refractivity contribution < 1.29 is 15.0 Å². The number of rotatable bonds is 3. The average Bonchev–Trinajstić information content (AvgIpc) is 2.83. The van der Waals surface area contributed by atoms with Crippen molar-refractivity contribution in [2.24, 2.45) is 5.73 Å². The van der Waals surface area contributed by atoms with Gasteiger partial charge in [-0.3, -0.25) is 0 Å². The number of aliphatic hydroxyl groups is 1. The van der Waals surface area contributed by atoms with Gasteiger partial charge in [-0.15, -0.1) is 0 Å². The summed E-state index contributed by atoms with van der Waals surface area (Å²) in [6, 6.07) is 18.3. The summed E-state index contributed by atoms with van der Waals surface area (Å²) in [7, 11) is 0. The fraction of sp³-hybridized carbons (Fsp3) is 0.167. The summed E-state index contributed by atoms with van der Waals surface area (Å²) in [5.41, 5.74) is 4.93. The first kappa shape index (κ1) is 14.5. The quantitative estimate of drug-likeness (QED) is 0.810. The molecule has 4 heteroatoms. The molecular weight excluding hydrogens is 278 g/mol. The Morgan fingerprint density at radius 2 is 1.55 bits per heavy atom. The molecule has 0 heterocycles. The van der Waals surface area contributed by atoms with Crippen LogP contribution in [0.25, 0.3) is 5.57 Å². The third kappa shape index (κ3) is 2.22. The second kappa shape index (κ2) is 5.09. The summed E-state index contributed by atoms with van der Waals surface area (Å²) >= 11 is 0. The zero-order valence-electron chi connectivity index (χ0n) is 11.9. The zero-order chi connectivity index (χ0) is 15.8. The van der Waals surface area contributed by atoms with Crippen LogP contribution in [0.3, 0.4) is 0 Å². The van der Waals surface area contributed by atoms with Gasteiger partial charge in [0.05, 0.1) is 0 Å². The van der Waals surface area contributed by atoms with Gasteiger partial charge in [0.2, 0.25) is 0 Å². The van der Waals surface area contributed by atoms with E-state index in [9.17, 15) is 15.0 Å². The molecule has 22 heavy (non-hydrogen) atoms. The Balaban J connectivity index is 2.18. The van der Waals surface area contributed by atoms with Crippen molar-refractivity contribution in [2.75, 3.05) is 0 Å². The summed E-state index contributed by atoms with van der Waals surface area (Å²) in [6.07, 6.45) is 1.38. The molecule has 1 aliphatic rings. The molecule has 0 aromatic heterocycles. The smallest absolute Gasteiger partial charge is 0.327 e. The van der Waals surface area contributed by atoms with Gasteiger partial charge in [0.15, 0.2) is 0 Å². The van der Waals surface area contributed by atoms with E-state index in [0.29, 0.717) is 11.1 Å². The number of carbonyl (C=O) groups is 1. The van der Waals surface area contributed by atoms with Crippen molar-refractivity contribution in [3.8, 4) is 0 Å². The highest BCUT2D eigenvalue weighted by Gasteiger charge is 2.51. The first-order valence-electron chi connectivity index (χ1n) is 7.05. The van der Waals surface area contributed by atoms with E-state index in [1.54, 1.807) is 12.1 Å². The molecule has 2 aromatic rings. The fourth-order valence-electron chi connectivity index (χ4n) is 3.00. The maximum absolute atomic E-state index is 11.5. The lowest BCUT2D eigenvalue weighted by molar-refractivity contribution is -0.142. The monoisotopic (exact) mass is 295 g/mol. The lowest BCUT2D eigenvalue weighted by Crippen LogP contribution is -2.47. The van der Waals surface area contributed by atoms with E-state index in [2.05, 4.69) is 0 Å².